The van der Waals surface area contributed by atoms with Crippen LogP contribution in [0.25, 0.3) is 0 Å². The van der Waals surface area contributed by atoms with Crippen LogP contribution >= 0.6 is 0 Å². The molecular formula is C11H15FN4O4S. The van der Waals surface area contributed by atoms with Crippen LogP contribution in [0.4, 0.5) is 15.8 Å². The van der Waals surface area contributed by atoms with E-state index in [9.17, 15) is 22.9 Å². The molecule has 1 saturated carbocycles. The van der Waals surface area contributed by atoms with Crippen LogP contribution in [-0.4, -0.2) is 18.9 Å². The van der Waals surface area contributed by atoms with Crippen molar-refractivity contribution in [3.8, 4) is 0 Å². The number of rotatable bonds is 5. The van der Waals surface area contributed by atoms with Crippen LogP contribution in [0.15, 0.2) is 17.0 Å². The average molecular weight is 318 g/mol. The van der Waals surface area contributed by atoms with Gasteiger partial charge in [-0.25, -0.2) is 17.5 Å². The van der Waals surface area contributed by atoms with E-state index in [4.69, 9.17) is 5.84 Å². The molecule has 1 aliphatic carbocycles. The number of nitrogens with one attached hydrogen (secondary N) is 2. The molecule has 1 aromatic rings. The monoisotopic (exact) mass is 318 g/mol. The van der Waals surface area contributed by atoms with Crippen LogP contribution in [0.2, 0.25) is 0 Å². The zero-order chi connectivity index (χ0) is 15.8. The number of hydrogen-bond acceptors (Lipinski definition) is 6. The van der Waals surface area contributed by atoms with Crippen molar-refractivity contribution in [3.05, 3.63) is 28.1 Å². The number of nitro groups is 1. The second-order valence-electron chi connectivity index (χ2n) is 5.23. The highest BCUT2D eigenvalue weighted by molar-refractivity contribution is 7.89. The van der Waals surface area contributed by atoms with Gasteiger partial charge in [0.25, 0.3) is 5.69 Å². The predicted molar refractivity (Wildman–Crippen MR) is 73.4 cm³/mol. The number of nitro benzene ring substituents is 1. The first kappa shape index (κ1) is 15.6. The number of halogens is 1. The van der Waals surface area contributed by atoms with Crippen molar-refractivity contribution in [2.24, 2.45) is 5.84 Å². The maximum atomic E-state index is 14.0. The Hall–Kier alpha value is -1.78. The number of benzene rings is 1. The minimum Gasteiger partial charge on any atom is -0.323 e. The Bertz CT molecular complexity index is 688. The van der Waals surface area contributed by atoms with Gasteiger partial charge in [0.2, 0.25) is 10.0 Å². The third-order valence-corrected chi connectivity index (χ3v) is 5.22. The highest BCUT2D eigenvalue weighted by Crippen LogP contribution is 2.35. The number of nitrogens with two attached hydrogens (primary N) is 1. The van der Waals surface area contributed by atoms with Crippen LogP contribution in [0.3, 0.4) is 0 Å². The van der Waals surface area contributed by atoms with E-state index in [2.05, 4.69) is 4.72 Å². The van der Waals surface area contributed by atoms with Crippen molar-refractivity contribution in [1.82, 2.24) is 4.72 Å². The van der Waals surface area contributed by atoms with Gasteiger partial charge in [0.05, 0.1) is 16.7 Å². The second kappa shape index (κ2) is 5.20. The van der Waals surface area contributed by atoms with Crippen LogP contribution in [0, 0.1) is 15.9 Å². The summed E-state index contributed by atoms with van der Waals surface area (Å²) in [7, 11) is -4.18. The van der Waals surface area contributed by atoms with Crippen molar-refractivity contribution >= 4 is 21.4 Å². The molecule has 0 saturated heterocycles. The normalized spacial score (nSPS) is 17.1. The Labute approximate surface area is 120 Å². The van der Waals surface area contributed by atoms with Gasteiger partial charge in [-0.15, -0.1) is 0 Å². The first-order chi connectivity index (χ1) is 9.68. The lowest BCUT2D eigenvalue weighted by Crippen LogP contribution is -2.51. The van der Waals surface area contributed by atoms with Gasteiger partial charge in [-0.2, -0.15) is 0 Å². The molecule has 0 aromatic heterocycles. The average Bonchev–Trinajstić information content (AvgIpc) is 2.34. The highest BCUT2D eigenvalue weighted by atomic mass is 32.2. The fraction of sp³-hybridized carbons (Fsp3) is 0.455. The highest BCUT2D eigenvalue weighted by Gasteiger charge is 2.38. The second-order valence-corrected chi connectivity index (χ2v) is 6.84. The fourth-order valence-corrected chi connectivity index (χ4v) is 3.93. The summed E-state index contributed by atoms with van der Waals surface area (Å²) in [4.78, 5) is 9.12. The maximum Gasteiger partial charge on any atom is 0.274 e. The third-order valence-electron chi connectivity index (χ3n) is 3.50. The van der Waals surface area contributed by atoms with Gasteiger partial charge < -0.3 is 5.43 Å². The Balaban J connectivity index is 2.49. The summed E-state index contributed by atoms with van der Waals surface area (Å²) in [6.45, 7) is 1.72. The Kier molecular flexibility index (Phi) is 3.87. The molecular weight excluding hydrogens is 303 g/mol. The van der Waals surface area contributed by atoms with Gasteiger partial charge in [-0.1, -0.05) is 0 Å². The van der Waals surface area contributed by atoms with Gasteiger partial charge in [-0.05, 0) is 26.2 Å². The molecule has 0 spiro atoms. The van der Waals surface area contributed by atoms with E-state index in [1.165, 1.54) is 0 Å². The molecule has 0 atom stereocenters. The van der Waals surface area contributed by atoms with Crippen LogP contribution < -0.4 is 16.0 Å². The molecule has 2 rings (SSSR count). The van der Waals surface area contributed by atoms with Crippen molar-refractivity contribution < 1.29 is 17.7 Å². The van der Waals surface area contributed by atoms with E-state index >= 15 is 0 Å². The SMILES string of the molecule is CC1(NS(=O)(=O)c2c(F)cc([N+](=O)[O-])cc2NN)CCC1. The molecule has 4 N–H and O–H groups in total. The van der Waals surface area contributed by atoms with Gasteiger partial charge in [0.15, 0.2) is 5.82 Å². The van der Waals surface area contributed by atoms with Crippen LogP contribution in [0.1, 0.15) is 26.2 Å². The number of hydrazine groups is 1. The fourth-order valence-electron chi connectivity index (χ4n) is 2.25. The standard InChI is InChI=1S/C11H15FN4O4S/c1-11(3-2-4-11)15-21(19,20)10-8(12)5-7(16(17)18)6-9(10)14-13/h5-6,14-15H,2-4,13H2,1H3. The Morgan fingerprint density at radius 1 is 1.43 bits per heavy atom. The van der Waals surface area contributed by atoms with Crippen molar-refractivity contribution in [2.45, 2.75) is 36.6 Å². The quantitative estimate of drug-likeness (QED) is 0.426. The van der Waals surface area contributed by atoms with Gasteiger partial charge in [0.1, 0.15) is 4.90 Å². The third kappa shape index (κ3) is 2.96. The zero-order valence-corrected chi connectivity index (χ0v) is 12.0. The smallest absolute Gasteiger partial charge is 0.274 e. The summed E-state index contributed by atoms with van der Waals surface area (Å²) in [6.07, 6.45) is 2.17. The van der Waals surface area contributed by atoms with E-state index in [0.717, 1.165) is 12.5 Å². The minimum atomic E-state index is -4.18. The van der Waals surface area contributed by atoms with Gasteiger partial charge in [0, 0.05) is 11.6 Å². The van der Waals surface area contributed by atoms with Gasteiger partial charge in [-0.3, -0.25) is 16.0 Å². The predicted octanol–water partition coefficient (Wildman–Crippen LogP) is 1.24. The van der Waals surface area contributed by atoms with E-state index in [-0.39, 0.29) is 5.69 Å². The van der Waals surface area contributed by atoms with Gasteiger partial charge >= 0.3 is 0 Å². The lowest BCUT2D eigenvalue weighted by molar-refractivity contribution is -0.385. The summed E-state index contributed by atoms with van der Waals surface area (Å²) < 4.78 is 41.1. The number of non-ortho nitro benzene ring substituents is 1. The van der Waals surface area contributed by atoms with E-state index < -0.39 is 36.9 Å². The maximum absolute atomic E-state index is 14.0. The van der Waals surface area contributed by atoms with Crippen molar-refractivity contribution in [3.63, 3.8) is 0 Å². The molecule has 1 aliphatic rings. The molecule has 1 fully saturated rings. The molecule has 10 heteroatoms. The van der Waals surface area contributed by atoms with E-state index in [1.54, 1.807) is 6.92 Å². The largest absolute Gasteiger partial charge is 0.323 e. The summed E-state index contributed by atoms with van der Waals surface area (Å²) in [5, 5.41) is 10.7. The number of sulfonamides is 1. The first-order valence-corrected chi connectivity index (χ1v) is 7.65. The number of anilines is 1. The molecule has 8 nitrogen and oxygen atoms in total. The molecule has 0 heterocycles. The molecule has 0 radical (unpaired) electrons. The number of hydrogen-bond donors (Lipinski definition) is 3. The molecule has 0 bridgehead atoms. The summed E-state index contributed by atoms with van der Waals surface area (Å²) in [5.74, 6) is 3.93. The minimum absolute atomic E-state index is 0.364. The number of nitrogens with zero attached hydrogens (tertiary/aromatic N) is 1. The molecule has 21 heavy (non-hydrogen) atoms. The summed E-state index contributed by atoms with van der Waals surface area (Å²) >= 11 is 0. The zero-order valence-electron chi connectivity index (χ0n) is 11.2. The lowest BCUT2D eigenvalue weighted by atomic mass is 9.80. The molecule has 1 aromatic carbocycles. The lowest BCUT2D eigenvalue weighted by Gasteiger charge is -2.38. The molecule has 0 aliphatic heterocycles. The Morgan fingerprint density at radius 2 is 2.05 bits per heavy atom. The first-order valence-electron chi connectivity index (χ1n) is 6.17. The molecule has 0 amide bonds. The molecule has 116 valence electrons. The van der Waals surface area contributed by atoms with Crippen LogP contribution in [-0.2, 0) is 10.0 Å². The Morgan fingerprint density at radius 3 is 2.48 bits per heavy atom. The van der Waals surface area contributed by atoms with Crippen molar-refractivity contribution in [2.75, 3.05) is 5.43 Å². The van der Waals surface area contributed by atoms with Crippen molar-refractivity contribution in [1.29, 1.82) is 0 Å². The topological polar surface area (TPSA) is 127 Å². The van der Waals surface area contributed by atoms with E-state index in [0.29, 0.717) is 18.9 Å². The van der Waals surface area contributed by atoms with Crippen LogP contribution in [0.5, 0.6) is 0 Å². The van der Waals surface area contributed by atoms with E-state index in [1.807, 2.05) is 5.43 Å². The summed E-state index contributed by atoms with van der Waals surface area (Å²) in [5.41, 5.74) is 0.417. The summed E-state index contributed by atoms with van der Waals surface area (Å²) in [6, 6.07) is 1.43. The molecule has 0 unspecified atom stereocenters. The number of nitrogen functional groups attached to an aromatic ring is 1.